The molecule has 2 aromatic carbocycles. The Morgan fingerprint density at radius 1 is 0.923 bits per heavy atom. The van der Waals surface area contributed by atoms with Crippen LogP contribution < -0.4 is 9.47 Å². The van der Waals surface area contributed by atoms with Crippen LogP contribution in [0.1, 0.15) is 27.2 Å². The largest absolute Gasteiger partial charge is 0.487 e. The molecular formula is C21H19NO4. The van der Waals surface area contributed by atoms with Gasteiger partial charge in [0.1, 0.15) is 19.0 Å². The molecule has 0 spiro atoms. The lowest BCUT2D eigenvalue weighted by atomic mass is 10.2. The number of carboxylic acid groups (broad SMARTS) is 1. The molecule has 0 amide bonds. The molecule has 26 heavy (non-hydrogen) atoms. The lowest BCUT2D eigenvalue weighted by molar-refractivity contribution is 0.0684. The normalized spacial score (nSPS) is 10.3. The summed E-state index contributed by atoms with van der Waals surface area (Å²) >= 11 is 0. The van der Waals surface area contributed by atoms with Crippen LogP contribution in [0.3, 0.4) is 0 Å². The average molecular weight is 349 g/mol. The van der Waals surface area contributed by atoms with Crippen molar-refractivity contribution in [1.29, 1.82) is 0 Å². The molecule has 0 aliphatic carbocycles. The summed E-state index contributed by atoms with van der Waals surface area (Å²) in [6.45, 7) is 2.40. The lowest BCUT2D eigenvalue weighted by Crippen LogP contribution is -2.09. The summed E-state index contributed by atoms with van der Waals surface area (Å²) in [6.07, 6.45) is 1.43. The van der Waals surface area contributed by atoms with Crippen molar-refractivity contribution < 1.29 is 19.4 Å². The molecule has 3 rings (SSSR count). The van der Waals surface area contributed by atoms with Crippen LogP contribution in [-0.2, 0) is 13.2 Å². The van der Waals surface area contributed by atoms with Crippen molar-refractivity contribution in [2.24, 2.45) is 0 Å². The van der Waals surface area contributed by atoms with Gasteiger partial charge < -0.3 is 14.6 Å². The third-order valence-electron chi connectivity index (χ3n) is 3.90. The smallest absolute Gasteiger partial charge is 0.358 e. The quantitative estimate of drug-likeness (QED) is 0.691. The maximum Gasteiger partial charge on any atom is 0.358 e. The minimum Gasteiger partial charge on any atom is -0.487 e. The number of rotatable bonds is 7. The van der Waals surface area contributed by atoms with Gasteiger partial charge in [-0.05, 0) is 18.1 Å². The zero-order valence-corrected chi connectivity index (χ0v) is 14.4. The minimum absolute atomic E-state index is 0.120. The second-order valence-electron chi connectivity index (χ2n) is 5.78. The van der Waals surface area contributed by atoms with Gasteiger partial charge in [0.05, 0.1) is 6.20 Å². The summed E-state index contributed by atoms with van der Waals surface area (Å²) in [7, 11) is 0. The molecule has 0 unspecified atom stereocenters. The highest BCUT2D eigenvalue weighted by Crippen LogP contribution is 2.31. The van der Waals surface area contributed by atoms with E-state index in [0.717, 1.165) is 11.1 Å². The highest BCUT2D eigenvalue weighted by molar-refractivity contribution is 5.89. The molecule has 5 heteroatoms. The van der Waals surface area contributed by atoms with Gasteiger partial charge in [0, 0.05) is 5.56 Å². The first kappa shape index (κ1) is 17.5. The van der Waals surface area contributed by atoms with E-state index in [1.165, 1.54) is 6.20 Å². The Labute approximate surface area is 151 Å². The zero-order chi connectivity index (χ0) is 18.4. The summed E-state index contributed by atoms with van der Waals surface area (Å²) in [5.74, 6) is -0.403. The van der Waals surface area contributed by atoms with Gasteiger partial charge in [0.15, 0.2) is 11.4 Å². The van der Waals surface area contributed by atoms with Gasteiger partial charge in [-0.2, -0.15) is 0 Å². The Morgan fingerprint density at radius 2 is 1.46 bits per heavy atom. The topological polar surface area (TPSA) is 68.7 Å². The van der Waals surface area contributed by atoms with Crippen LogP contribution in [0.4, 0.5) is 0 Å². The lowest BCUT2D eigenvalue weighted by Gasteiger charge is -2.15. The minimum atomic E-state index is -1.13. The highest BCUT2D eigenvalue weighted by Gasteiger charge is 2.19. The Morgan fingerprint density at radius 3 is 2.00 bits per heavy atom. The first-order valence-corrected chi connectivity index (χ1v) is 8.21. The predicted octanol–water partition coefficient (Wildman–Crippen LogP) is 4.25. The van der Waals surface area contributed by atoms with Crippen molar-refractivity contribution in [1.82, 2.24) is 4.98 Å². The number of pyridine rings is 1. The Hall–Kier alpha value is -3.34. The molecule has 0 fully saturated rings. The summed E-state index contributed by atoms with van der Waals surface area (Å²) in [6, 6.07) is 19.3. The Kier molecular flexibility index (Phi) is 5.49. The molecule has 1 aromatic heterocycles. The number of ether oxygens (including phenoxy) is 2. The second kappa shape index (κ2) is 8.16. The van der Waals surface area contributed by atoms with Crippen LogP contribution in [0, 0.1) is 6.92 Å². The van der Waals surface area contributed by atoms with Gasteiger partial charge in [0.2, 0.25) is 0 Å². The first-order valence-electron chi connectivity index (χ1n) is 8.21. The third kappa shape index (κ3) is 4.19. The SMILES string of the molecule is Cc1c(OCc2ccccc2)cnc(C(=O)O)c1OCc1ccccc1. The fraction of sp³-hybridized carbons (Fsp3) is 0.143. The van der Waals surface area contributed by atoms with Crippen molar-refractivity contribution in [3.8, 4) is 11.5 Å². The van der Waals surface area contributed by atoms with E-state index in [1.54, 1.807) is 6.92 Å². The first-order chi connectivity index (χ1) is 12.6. The van der Waals surface area contributed by atoms with Gasteiger partial charge >= 0.3 is 5.97 Å². The maximum atomic E-state index is 11.5. The van der Waals surface area contributed by atoms with Crippen molar-refractivity contribution in [3.05, 3.63) is 89.2 Å². The van der Waals surface area contributed by atoms with E-state index in [4.69, 9.17) is 9.47 Å². The predicted molar refractivity (Wildman–Crippen MR) is 97.5 cm³/mol. The standard InChI is InChI=1S/C21H19NO4/c1-15-18(25-13-16-8-4-2-5-9-16)12-22-19(21(23)24)20(15)26-14-17-10-6-3-7-11-17/h2-12H,13-14H2,1H3,(H,23,24). The van der Waals surface area contributed by atoms with Crippen molar-refractivity contribution in [3.63, 3.8) is 0 Å². The molecule has 0 atom stereocenters. The number of hydrogen-bond acceptors (Lipinski definition) is 4. The maximum absolute atomic E-state index is 11.5. The Bertz CT molecular complexity index is 879. The summed E-state index contributed by atoms with van der Waals surface area (Å²) in [5, 5.41) is 9.40. The molecule has 0 saturated heterocycles. The fourth-order valence-electron chi connectivity index (χ4n) is 2.51. The molecule has 3 aromatic rings. The van der Waals surface area contributed by atoms with E-state index in [9.17, 15) is 9.90 Å². The van der Waals surface area contributed by atoms with Gasteiger partial charge in [-0.1, -0.05) is 60.7 Å². The van der Waals surface area contributed by atoms with Crippen LogP contribution in [0.2, 0.25) is 0 Å². The number of hydrogen-bond donors (Lipinski definition) is 1. The Balaban J connectivity index is 1.82. The van der Waals surface area contributed by atoms with E-state index in [2.05, 4.69) is 4.98 Å². The van der Waals surface area contributed by atoms with E-state index in [1.807, 2.05) is 60.7 Å². The number of nitrogens with zero attached hydrogens (tertiary/aromatic N) is 1. The molecule has 0 aliphatic heterocycles. The highest BCUT2D eigenvalue weighted by atomic mass is 16.5. The number of aromatic nitrogens is 1. The van der Waals surface area contributed by atoms with E-state index >= 15 is 0 Å². The van der Waals surface area contributed by atoms with E-state index < -0.39 is 5.97 Å². The molecule has 1 heterocycles. The van der Waals surface area contributed by atoms with Crippen molar-refractivity contribution in [2.75, 3.05) is 0 Å². The van der Waals surface area contributed by atoms with E-state index in [0.29, 0.717) is 17.9 Å². The van der Waals surface area contributed by atoms with Crippen LogP contribution in [0.15, 0.2) is 66.9 Å². The second-order valence-corrected chi connectivity index (χ2v) is 5.78. The number of carboxylic acids is 1. The summed E-state index contributed by atoms with van der Waals surface area (Å²) < 4.78 is 11.6. The average Bonchev–Trinajstić information content (AvgIpc) is 2.67. The van der Waals surface area contributed by atoms with Gasteiger partial charge in [-0.3, -0.25) is 0 Å². The number of aromatic carboxylic acids is 1. The molecule has 0 radical (unpaired) electrons. The van der Waals surface area contributed by atoms with Crippen LogP contribution in [0.25, 0.3) is 0 Å². The van der Waals surface area contributed by atoms with Gasteiger partial charge in [-0.15, -0.1) is 0 Å². The monoisotopic (exact) mass is 349 g/mol. The molecule has 1 N–H and O–H groups in total. The zero-order valence-electron chi connectivity index (χ0n) is 14.4. The van der Waals surface area contributed by atoms with Gasteiger partial charge in [-0.25, -0.2) is 9.78 Å². The third-order valence-corrected chi connectivity index (χ3v) is 3.90. The number of benzene rings is 2. The molecule has 0 saturated carbocycles. The molecular weight excluding hydrogens is 330 g/mol. The molecule has 5 nitrogen and oxygen atoms in total. The van der Waals surface area contributed by atoms with Crippen LogP contribution >= 0.6 is 0 Å². The van der Waals surface area contributed by atoms with Crippen molar-refractivity contribution >= 4 is 5.97 Å². The molecule has 0 aliphatic rings. The molecule has 0 bridgehead atoms. The molecule has 132 valence electrons. The van der Waals surface area contributed by atoms with Crippen LogP contribution in [-0.4, -0.2) is 16.1 Å². The summed E-state index contributed by atoms with van der Waals surface area (Å²) in [5.41, 5.74) is 2.45. The number of carbonyl (C=O) groups is 1. The van der Waals surface area contributed by atoms with Crippen LogP contribution in [0.5, 0.6) is 11.5 Å². The summed E-state index contributed by atoms with van der Waals surface area (Å²) in [4.78, 5) is 15.5. The van der Waals surface area contributed by atoms with E-state index in [-0.39, 0.29) is 18.1 Å². The van der Waals surface area contributed by atoms with Gasteiger partial charge in [0.25, 0.3) is 0 Å². The van der Waals surface area contributed by atoms with Crippen molar-refractivity contribution in [2.45, 2.75) is 20.1 Å². The fourth-order valence-corrected chi connectivity index (χ4v) is 2.51.